The number of aliphatic imine (C=N–C) groups is 2. The van der Waals surface area contributed by atoms with E-state index in [1.807, 2.05) is 61.0 Å². The molecule has 2 aromatic carbocycles. The Morgan fingerprint density at radius 1 is 0.676 bits per heavy atom. The van der Waals surface area contributed by atoms with Crippen LogP contribution in [0.5, 0.6) is 11.5 Å². The van der Waals surface area contributed by atoms with E-state index in [0.717, 1.165) is 57.5 Å². The van der Waals surface area contributed by atoms with Crippen LogP contribution in [0, 0.1) is 0 Å². The Kier molecular flexibility index (Phi) is 6.47. The van der Waals surface area contributed by atoms with Crippen molar-refractivity contribution < 1.29 is 9.47 Å². The maximum atomic E-state index is 5.47. The minimum atomic E-state index is 0.134. The van der Waals surface area contributed by atoms with Crippen LogP contribution in [-0.2, 0) is 0 Å². The molecule has 4 aromatic rings. The first kappa shape index (κ1) is 22.0. The van der Waals surface area contributed by atoms with E-state index in [9.17, 15) is 0 Å². The van der Waals surface area contributed by atoms with Crippen molar-refractivity contribution in [3.8, 4) is 11.5 Å². The predicted octanol–water partition coefficient (Wildman–Crippen LogP) is 5.65. The highest BCUT2D eigenvalue weighted by Gasteiger charge is 2.23. The molecule has 0 saturated heterocycles. The summed E-state index contributed by atoms with van der Waals surface area (Å²) in [7, 11) is 3.34. The Bertz CT molecular complexity index is 1260. The molecule has 2 atom stereocenters. The first-order valence-electron chi connectivity index (χ1n) is 11.7. The first-order valence-corrected chi connectivity index (χ1v) is 11.7. The smallest absolute Gasteiger partial charge is 0.145 e. The molecule has 2 aromatic heterocycles. The van der Waals surface area contributed by atoms with Gasteiger partial charge in [-0.3, -0.25) is 9.98 Å². The van der Waals surface area contributed by atoms with E-state index in [1.54, 1.807) is 14.2 Å². The fraction of sp³-hybridized carbons (Fsp3) is 0.286. The molecule has 2 heterocycles. The van der Waals surface area contributed by atoms with Gasteiger partial charge in [0.2, 0.25) is 0 Å². The summed E-state index contributed by atoms with van der Waals surface area (Å²) < 4.78 is 10.9. The van der Waals surface area contributed by atoms with Crippen LogP contribution in [0.15, 0.2) is 70.6 Å². The molecule has 34 heavy (non-hydrogen) atoms. The van der Waals surface area contributed by atoms with E-state index < -0.39 is 0 Å². The number of methoxy groups -OCH3 is 2. The van der Waals surface area contributed by atoms with Crippen LogP contribution < -0.4 is 9.47 Å². The van der Waals surface area contributed by atoms with Gasteiger partial charge in [-0.05, 0) is 37.1 Å². The van der Waals surface area contributed by atoms with Gasteiger partial charge in [0.25, 0.3) is 0 Å². The van der Waals surface area contributed by atoms with Gasteiger partial charge in [0.05, 0.1) is 37.7 Å². The summed E-state index contributed by atoms with van der Waals surface area (Å²) in [6.45, 7) is 0. The number of ether oxygens (including phenoxy) is 2. The van der Waals surface area contributed by atoms with Gasteiger partial charge in [-0.25, -0.2) is 9.97 Å². The van der Waals surface area contributed by atoms with Crippen LogP contribution in [-0.4, -0.2) is 48.7 Å². The van der Waals surface area contributed by atoms with Crippen molar-refractivity contribution in [1.29, 1.82) is 0 Å². The van der Waals surface area contributed by atoms with Crippen molar-refractivity contribution in [3.63, 3.8) is 0 Å². The van der Waals surface area contributed by atoms with Gasteiger partial charge in [-0.2, -0.15) is 0 Å². The predicted molar refractivity (Wildman–Crippen MR) is 138 cm³/mol. The third-order valence-electron chi connectivity index (χ3n) is 6.34. The molecular formula is C28H28N4O2. The Labute approximate surface area is 199 Å². The van der Waals surface area contributed by atoms with Crippen molar-refractivity contribution >= 4 is 34.2 Å². The van der Waals surface area contributed by atoms with Crippen LogP contribution in [0.2, 0.25) is 0 Å². The Morgan fingerprint density at radius 2 is 1.15 bits per heavy atom. The number of pyridine rings is 2. The lowest BCUT2D eigenvalue weighted by molar-refractivity contribution is 0.390. The molecule has 5 rings (SSSR count). The number of hydrogen-bond acceptors (Lipinski definition) is 6. The van der Waals surface area contributed by atoms with Crippen molar-refractivity contribution in [2.45, 2.75) is 37.8 Å². The van der Waals surface area contributed by atoms with Crippen LogP contribution in [0.25, 0.3) is 21.8 Å². The minimum absolute atomic E-state index is 0.134. The molecular weight excluding hydrogens is 424 g/mol. The van der Waals surface area contributed by atoms with Gasteiger partial charge in [0.1, 0.15) is 22.5 Å². The third kappa shape index (κ3) is 4.62. The number of benzene rings is 2. The summed E-state index contributed by atoms with van der Waals surface area (Å²) in [5, 5.41) is 2.10. The number of para-hydroxylation sites is 2. The zero-order valence-corrected chi connectivity index (χ0v) is 19.5. The maximum absolute atomic E-state index is 5.47. The topological polar surface area (TPSA) is 69.0 Å². The molecule has 0 radical (unpaired) electrons. The highest BCUT2D eigenvalue weighted by Crippen LogP contribution is 2.26. The molecule has 0 amide bonds. The molecule has 0 N–H and O–H groups in total. The van der Waals surface area contributed by atoms with Gasteiger partial charge in [-0.1, -0.05) is 49.2 Å². The van der Waals surface area contributed by atoms with Gasteiger partial charge in [0.15, 0.2) is 0 Å². The van der Waals surface area contributed by atoms with Crippen LogP contribution in [0.4, 0.5) is 0 Å². The molecule has 1 fully saturated rings. The molecule has 0 spiro atoms. The van der Waals surface area contributed by atoms with Gasteiger partial charge < -0.3 is 9.47 Å². The molecule has 1 saturated carbocycles. The lowest BCUT2D eigenvalue weighted by Gasteiger charge is -2.25. The zero-order chi connectivity index (χ0) is 23.3. The number of hydrogen-bond donors (Lipinski definition) is 0. The Morgan fingerprint density at radius 3 is 1.59 bits per heavy atom. The second-order valence-corrected chi connectivity index (χ2v) is 8.51. The molecule has 6 heteroatoms. The van der Waals surface area contributed by atoms with E-state index in [4.69, 9.17) is 29.4 Å². The number of rotatable bonds is 6. The average Bonchev–Trinajstić information content (AvgIpc) is 2.90. The van der Waals surface area contributed by atoms with Crippen LogP contribution in [0.1, 0.15) is 37.1 Å². The normalized spacial score (nSPS) is 18.8. The SMILES string of the molecule is COc1cccc2ccc(C=N[C@@H]3CCCC[C@H]3N=Cc3ccc4cccc(OC)c4n3)nc12. The minimum Gasteiger partial charge on any atom is -0.494 e. The van der Waals surface area contributed by atoms with E-state index in [0.29, 0.717) is 0 Å². The molecule has 6 nitrogen and oxygen atoms in total. The number of aromatic nitrogens is 2. The number of fused-ring (bicyclic) bond motifs is 2. The second kappa shape index (κ2) is 10.00. The monoisotopic (exact) mass is 452 g/mol. The molecule has 1 aliphatic rings. The summed E-state index contributed by atoms with van der Waals surface area (Å²) >= 11 is 0. The lowest BCUT2D eigenvalue weighted by atomic mass is 9.91. The molecule has 0 aliphatic heterocycles. The van der Waals surface area contributed by atoms with Gasteiger partial charge in [0, 0.05) is 23.2 Å². The Balaban J connectivity index is 1.36. The summed E-state index contributed by atoms with van der Waals surface area (Å²) in [5.74, 6) is 1.54. The van der Waals surface area contributed by atoms with E-state index in [1.165, 1.54) is 12.8 Å². The van der Waals surface area contributed by atoms with Crippen molar-refractivity contribution in [2.75, 3.05) is 14.2 Å². The zero-order valence-electron chi connectivity index (χ0n) is 19.5. The summed E-state index contributed by atoms with van der Waals surface area (Å²) in [6.07, 6.45) is 8.13. The molecule has 0 bridgehead atoms. The quantitative estimate of drug-likeness (QED) is 0.355. The average molecular weight is 453 g/mol. The third-order valence-corrected chi connectivity index (χ3v) is 6.34. The lowest BCUT2D eigenvalue weighted by Crippen LogP contribution is -2.27. The summed E-state index contributed by atoms with van der Waals surface area (Å²) in [5.41, 5.74) is 3.36. The van der Waals surface area contributed by atoms with Crippen LogP contribution in [0.3, 0.4) is 0 Å². The van der Waals surface area contributed by atoms with Crippen molar-refractivity contribution in [1.82, 2.24) is 9.97 Å². The van der Waals surface area contributed by atoms with Gasteiger partial charge in [-0.15, -0.1) is 0 Å². The fourth-order valence-corrected chi connectivity index (χ4v) is 4.53. The largest absolute Gasteiger partial charge is 0.494 e. The standard InChI is InChI=1S/C28H28N4O2/c1-33-25-11-5-7-19-13-15-21(31-27(19)25)17-29-23-9-3-4-10-24(23)30-18-22-16-14-20-8-6-12-26(34-2)28(20)32-22/h5-8,11-18,23-24H,3-4,9-10H2,1-2H3/t23-,24-/m1/s1. The van der Waals surface area contributed by atoms with Gasteiger partial charge >= 0.3 is 0 Å². The van der Waals surface area contributed by atoms with Crippen LogP contribution >= 0.6 is 0 Å². The second-order valence-electron chi connectivity index (χ2n) is 8.51. The van der Waals surface area contributed by atoms with E-state index in [-0.39, 0.29) is 12.1 Å². The summed E-state index contributed by atoms with van der Waals surface area (Å²) in [6, 6.07) is 20.3. The molecule has 0 unspecified atom stereocenters. The van der Waals surface area contributed by atoms with Crippen molar-refractivity contribution in [2.24, 2.45) is 9.98 Å². The van der Waals surface area contributed by atoms with Crippen molar-refractivity contribution in [3.05, 3.63) is 72.1 Å². The summed E-state index contributed by atoms with van der Waals surface area (Å²) in [4.78, 5) is 19.3. The Hall–Kier alpha value is -3.80. The van der Waals surface area contributed by atoms with E-state index in [2.05, 4.69) is 12.1 Å². The fourth-order valence-electron chi connectivity index (χ4n) is 4.53. The number of nitrogens with zero attached hydrogens (tertiary/aromatic N) is 4. The van der Waals surface area contributed by atoms with E-state index >= 15 is 0 Å². The maximum Gasteiger partial charge on any atom is 0.145 e. The highest BCUT2D eigenvalue weighted by molar-refractivity contribution is 5.89. The first-order chi connectivity index (χ1) is 16.7. The molecule has 1 aliphatic carbocycles. The highest BCUT2D eigenvalue weighted by atomic mass is 16.5. The molecule has 172 valence electrons.